The highest BCUT2D eigenvalue weighted by Gasteiger charge is 2.31. The molecule has 0 aliphatic carbocycles. The molecule has 4 rings (SSSR count). The number of hydrogen-bond acceptors (Lipinski definition) is 2. The van der Waals surface area contributed by atoms with Crippen LogP contribution in [0.2, 0.25) is 0 Å². The first-order valence-corrected chi connectivity index (χ1v) is 10.1. The fraction of sp³-hybridized carbons (Fsp3) is 0.231. The number of carbonyl (C=O) groups excluding carboxylic acids is 1. The second-order valence-corrected chi connectivity index (χ2v) is 8.37. The number of aliphatic hydroxyl groups is 1. The van der Waals surface area contributed by atoms with E-state index >= 15 is 0 Å². The molecule has 0 fully saturated rings. The minimum Gasteiger partial charge on any atom is -0.380 e. The van der Waals surface area contributed by atoms with E-state index in [1.54, 1.807) is 18.2 Å². The van der Waals surface area contributed by atoms with Crippen LogP contribution in [-0.2, 0) is 17.8 Å². The zero-order valence-corrected chi connectivity index (χ0v) is 17.7. The molecule has 0 spiro atoms. The normalized spacial score (nSPS) is 13.3. The molecule has 4 aromatic rings. The van der Waals surface area contributed by atoms with Crippen LogP contribution in [0.5, 0.6) is 0 Å². The molecule has 5 heteroatoms. The van der Waals surface area contributed by atoms with Crippen molar-refractivity contribution in [2.45, 2.75) is 39.3 Å². The van der Waals surface area contributed by atoms with Crippen molar-refractivity contribution in [2.24, 2.45) is 0 Å². The maximum atomic E-state index is 13.9. The summed E-state index contributed by atoms with van der Waals surface area (Å²) in [5.74, 6) is -0.638. The van der Waals surface area contributed by atoms with E-state index in [9.17, 15) is 14.3 Å². The van der Waals surface area contributed by atoms with Crippen LogP contribution in [0.15, 0.2) is 54.6 Å². The molecule has 1 heterocycles. The van der Waals surface area contributed by atoms with Crippen molar-refractivity contribution in [3.05, 3.63) is 88.5 Å². The zero-order valence-electron chi connectivity index (χ0n) is 17.7. The minimum atomic E-state index is -1.62. The van der Waals surface area contributed by atoms with Crippen molar-refractivity contribution < 1.29 is 14.3 Å². The quantitative estimate of drug-likeness (QED) is 0.428. The lowest BCUT2D eigenvalue weighted by Crippen LogP contribution is -2.40. The van der Waals surface area contributed by atoms with Gasteiger partial charge in [-0.25, -0.2) is 9.24 Å². The summed E-state index contributed by atoms with van der Waals surface area (Å²) in [7, 11) is 0. The molecule has 0 saturated carbocycles. The molecule has 1 aromatic heterocycles. The Morgan fingerprint density at radius 3 is 2.42 bits per heavy atom. The Morgan fingerprint density at radius 2 is 1.74 bits per heavy atom. The Balaban J connectivity index is 1.71. The van der Waals surface area contributed by atoms with Crippen LogP contribution in [0.25, 0.3) is 26.7 Å². The second kappa shape index (κ2) is 7.64. The number of rotatable bonds is 5. The number of nitrogens with zero attached hydrogens (tertiary/aromatic N) is 2. The van der Waals surface area contributed by atoms with Crippen LogP contribution >= 0.6 is 0 Å². The molecular weight excluding hydrogens is 391 g/mol. The van der Waals surface area contributed by atoms with Gasteiger partial charge in [-0.2, -0.15) is 0 Å². The zero-order chi connectivity index (χ0) is 22.3. The number of fused-ring (bicyclic) bond motifs is 3. The van der Waals surface area contributed by atoms with Crippen molar-refractivity contribution in [3.63, 3.8) is 0 Å². The van der Waals surface area contributed by atoms with Crippen LogP contribution in [0.3, 0.4) is 0 Å². The van der Waals surface area contributed by atoms with E-state index in [4.69, 9.17) is 6.57 Å². The standard InChI is InChI=1S/C26H23FN2O2/c1-16-5-9-23-20(11-16)21-14-19(27)7-10-24(21)29(23)15-26(3,31)25(30)13-18-6-8-22(28-4)17(2)12-18/h5-12,14,31H,13,15H2,1-3H3/t26-/m0/s1. The highest BCUT2D eigenvalue weighted by molar-refractivity contribution is 6.08. The van der Waals surface area contributed by atoms with Crippen LogP contribution in [0, 0.1) is 26.2 Å². The Labute approximate surface area is 180 Å². The monoisotopic (exact) mass is 414 g/mol. The van der Waals surface area contributed by atoms with Gasteiger partial charge in [0.25, 0.3) is 0 Å². The SMILES string of the molecule is [C-]#[N+]c1ccc(CC(=O)[C@@](C)(O)Cn2c3ccc(C)cc3c3cc(F)ccc32)cc1C. The number of benzene rings is 3. The lowest BCUT2D eigenvalue weighted by Gasteiger charge is -2.24. The van der Waals surface area contributed by atoms with Gasteiger partial charge < -0.3 is 9.67 Å². The van der Waals surface area contributed by atoms with Crippen LogP contribution < -0.4 is 0 Å². The number of Topliss-reactive ketones (excluding diaryl/α,β-unsaturated/α-hetero) is 1. The van der Waals surface area contributed by atoms with Crippen molar-refractivity contribution in [1.29, 1.82) is 0 Å². The lowest BCUT2D eigenvalue weighted by molar-refractivity contribution is -0.136. The lowest BCUT2D eigenvalue weighted by atomic mass is 9.94. The first kappa shape index (κ1) is 20.8. The molecule has 0 aliphatic rings. The molecule has 0 aliphatic heterocycles. The highest BCUT2D eigenvalue weighted by atomic mass is 19.1. The molecule has 0 radical (unpaired) electrons. The predicted molar refractivity (Wildman–Crippen MR) is 121 cm³/mol. The van der Waals surface area contributed by atoms with E-state index < -0.39 is 5.60 Å². The van der Waals surface area contributed by atoms with Crippen molar-refractivity contribution in [1.82, 2.24) is 4.57 Å². The van der Waals surface area contributed by atoms with Gasteiger partial charge in [-0.05, 0) is 62.2 Å². The van der Waals surface area contributed by atoms with Gasteiger partial charge >= 0.3 is 0 Å². The first-order chi connectivity index (χ1) is 14.7. The molecule has 1 atom stereocenters. The summed E-state index contributed by atoms with van der Waals surface area (Å²) in [5.41, 5.74) is 3.16. The van der Waals surface area contributed by atoms with Gasteiger partial charge in [-0.3, -0.25) is 4.79 Å². The van der Waals surface area contributed by atoms with E-state index in [-0.39, 0.29) is 24.6 Å². The summed E-state index contributed by atoms with van der Waals surface area (Å²) < 4.78 is 15.8. The third-order valence-corrected chi connectivity index (χ3v) is 5.80. The summed E-state index contributed by atoms with van der Waals surface area (Å²) >= 11 is 0. The fourth-order valence-corrected chi connectivity index (χ4v) is 4.09. The van der Waals surface area contributed by atoms with Gasteiger partial charge in [0.15, 0.2) is 11.5 Å². The molecule has 156 valence electrons. The fourth-order valence-electron chi connectivity index (χ4n) is 4.09. The minimum absolute atomic E-state index is 0.0552. The number of aromatic nitrogens is 1. The number of aryl methyl sites for hydroxylation is 2. The molecule has 0 unspecified atom stereocenters. The Morgan fingerprint density at radius 1 is 1.06 bits per heavy atom. The third kappa shape index (κ3) is 3.83. The van der Waals surface area contributed by atoms with E-state index in [0.29, 0.717) is 5.69 Å². The predicted octanol–water partition coefficient (Wildman–Crippen LogP) is 5.66. The highest BCUT2D eigenvalue weighted by Crippen LogP contribution is 2.32. The van der Waals surface area contributed by atoms with Crippen molar-refractivity contribution >= 4 is 33.3 Å². The van der Waals surface area contributed by atoms with E-state index in [1.165, 1.54) is 19.1 Å². The largest absolute Gasteiger partial charge is 0.380 e. The summed E-state index contributed by atoms with van der Waals surface area (Å²) in [5, 5.41) is 12.8. The molecular formula is C26H23FN2O2. The molecule has 31 heavy (non-hydrogen) atoms. The van der Waals surface area contributed by atoms with Gasteiger partial charge in [-0.15, -0.1) is 0 Å². The molecule has 0 saturated heterocycles. The van der Waals surface area contributed by atoms with Gasteiger partial charge in [0.2, 0.25) is 0 Å². The van der Waals surface area contributed by atoms with Crippen molar-refractivity contribution in [2.75, 3.05) is 0 Å². The van der Waals surface area contributed by atoms with Crippen molar-refractivity contribution in [3.8, 4) is 0 Å². The molecule has 3 aromatic carbocycles. The van der Waals surface area contributed by atoms with Crippen LogP contribution in [0.4, 0.5) is 10.1 Å². The average molecular weight is 414 g/mol. The van der Waals surface area contributed by atoms with Gasteiger partial charge in [-0.1, -0.05) is 29.8 Å². The number of halogens is 1. The van der Waals surface area contributed by atoms with Gasteiger partial charge in [0, 0.05) is 28.2 Å². The first-order valence-electron chi connectivity index (χ1n) is 10.1. The van der Waals surface area contributed by atoms with E-state index in [0.717, 1.165) is 38.5 Å². The van der Waals surface area contributed by atoms with E-state index in [1.807, 2.05) is 42.7 Å². The summed E-state index contributed by atoms with van der Waals surface area (Å²) in [4.78, 5) is 16.5. The van der Waals surface area contributed by atoms with Crippen LogP contribution in [0.1, 0.15) is 23.6 Å². The third-order valence-electron chi connectivity index (χ3n) is 5.80. The van der Waals surface area contributed by atoms with Gasteiger partial charge in [0.05, 0.1) is 13.1 Å². The molecule has 0 amide bonds. The van der Waals surface area contributed by atoms with Gasteiger partial charge in [0.1, 0.15) is 11.4 Å². The topological polar surface area (TPSA) is 46.6 Å². The summed E-state index contributed by atoms with van der Waals surface area (Å²) in [6.07, 6.45) is 0.0665. The maximum Gasteiger partial charge on any atom is 0.190 e. The molecule has 0 bridgehead atoms. The average Bonchev–Trinajstić information content (AvgIpc) is 3.00. The Bertz CT molecular complexity index is 1320. The number of carbonyl (C=O) groups is 1. The maximum absolute atomic E-state index is 13.9. The second-order valence-electron chi connectivity index (χ2n) is 8.37. The summed E-state index contributed by atoms with van der Waals surface area (Å²) in [6.45, 7) is 12.5. The number of ketones is 1. The van der Waals surface area contributed by atoms with Crippen LogP contribution in [-0.4, -0.2) is 21.1 Å². The Hall–Kier alpha value is -3.49. The molecule has 1 N–H and O–H groups in total. The van der Waals surface area contributed by atoms with E-state index in [2.05, 4.69) is 4.85 Å². The molecule has 4 nitrogen and oxygen atoms in total. The summed E-state index contributed by atoms with van der Waals surface area (Å²) in [6, 6.07) is 15.7. The number of hydrogen-bond donors (Lipinski definition) is 1. The Kier molecular flexibility index (Phi) is 5.12. The smallest absolute Gasteiger partial charge is 0.190 e.